The molecule has 0 saturated heterocycles. The van der Waals surface area contributed by atoms with E-state index >= 15 is 0 Å². The second kappa shape index (κ2) is 5.38. The molecule has 0 aliphatic heterocycles. The fraction of sp³-hybridized carbons (Fsp3) is 0.444. The van der Waals surface area contributed by atoms with E-state index in [1.165, 1.54) is 4.80 Å². The normalized spacial score (nSPS) is 22.6. The number of hydrogen-bond donors (Lipinski definition) is 0. The number of fused-ring (bicyclic) bond motifs is 1. The summed E-state index contributed by atoms with van der Waals surface area (Å²) in [7, 11) is 0. The van der Waals surface area contributed by atoms with E-state index in [-0.39, 0.29) is 23.0 Å². The second-order valence-electron chi connectivity index (χ2n) is 7.31. The van der Waals surface area contributed by atoms with Crippen molar-refractivity contribution in [3.63, 3.8) is 0 Å². The Balaban J connectivity index is 2.19. The van der Waals surface area contributed by atoms with Gasteiger partial charge in [-0.3, -0.25) is 0 Å². The summed E-state index contributed by atoms with van der Waals surface area (Å²) < 4.78 is 0. The summed E-state index contributed by atoms with van der Waals surface area (Å²) in [5, 5.41) is 22.6. The molecule has 0 saturated carbocycles. The molecule has 2 aromatic rings. The Morgan fingerprint density at radius 2 is 1.78 bits per heavy atom. The van der Waals surface area contributed by atoms with Gasteiger partial charge in [0.05, 0.1) is 5.70 Å². The average Bonchev–Trinajstić information content (AvgIpc) is 2.84. The van der Waals surface area contributed by atoms with Crippen molar-refractivity contribution >= 4 is 28.3 Å². The first kappa shape index (κ1) is 16.1. The number of halogens is 1. The third-order valence-electron chi connectivity index (χ3n) is 4.49. The molecule has 1 aromatic carbocycles. The van der Waals surface area contributed by atoms with Gasteiger partial charge in [0, 0.05) is 10.9 Å². The summed E-state index contributed by atoms with van der Waals surface area (Å²) in [5.41, 5.74) is 2.70. The second-order valence-corrected chi connectivity index (χ2v) is 7.75. The van der Waals surface area contributed by atoms with Crippen LogP contribution in [-0.2, 0) is 0 Å². The topological polar surface area (TPSA) is 53.8 Å². The van der Waals surface area contributed by atoms with Crippen molar-refractivity contribution in [3.8, 4) is 0 Å². The van der Waals surface area contributed by atoms with Gasteiger partial charge in [0.25, 0.3) is 0 Å². The van der Waals surface area contributed by atoms with Gasteiger partial charge in [0.2, 0.25) is 0 Å². The van der Waals surface area contributed by atoms with Gasteiger partial charge in [-0.15, -0.1) is 10.2 Å². The summed E-state index contributed by atoms with van der Waals surface area (Å²) in [6, 6.07) is 5.37. The van der Waals surface area contributed by atoms with Crippen LogP contribution < -0.4 is 5.11 Å². The van der Waals surface area contributed by atoms with Crippen LogP contribution in [0.5, 0.6) is 0 Å². The molecule has 1 heterocycles. The fourth-order valence-corrected chi connectivity index (χ4v) is 3.10. The van der Waals surface area contributed by atoms with Crippen molar-refractivity contribution in [1.29, 1.82) is 0 Å². The summed E-state index contributed by atoms with van der Waals surface area (Å²) in [6.07, 6.45) is 2.09. The molecule has 0 spiro atoms. The molecular weight excluding hydrogens is 310 g/mol. The van der Waals surface area contributed by atoms with Gasteiger partial charge >= 0.3 is 0 Å². The predicted molar refractivity (Wildman–Crippen MR) is 91.6 cm³/mol. The Hall–Kier alpha value is -1.81. The number of rotatable bonds is 1. The molecule has 1 aliphatic rings. The lowest BCUT2D eigenvalue weighted by Gasteiger charge is -2.38. The van der Waals surface area contributed by atoms with Crippen LogP contribution in [0.2, 0.25) is 5.02 Å². The first-order valence-corrected chi connectivity index (χ1v) is 8.23. The van der Waals surface area contributed by atoms with E-state index in [0.29, 0.717) is 16.2 Å². The Bertz CT molecular complexity index is 826. The maximum Gasteiger partial charge on any atom is 0.115 e. The average molecular weight is 331 g/mol. The Morgan fingerprint density at radius 3 is 2.43 bits per heavy atom. The largest absolute Gasteiger partial charge is 0.871 e. The number of allylic oxidation sites excluding steroid dienone is 3. The van der Waals surface area contributed by atoms with Gasteiger partial charge < -0.3 is 5.11 Å². The third-order valence-corrected chi connectivity index (χ3v) is 4.73. The molecule has 1 aliphatic carbocycles. The van der Waals surface area contributed by atoms with E-state index in [1.807, 2.05) is 6.07 Å². The number of aromatic nitrogens is 3. The Labute approximate surface area is 141 Å². The predicted octanol–water partition coefficient (Wildman–Crippen LogP) is 3.87. The van der Waals surface area contributed by atoms with Crippen LogP contribution in [0.25, 0.3) is 16.7 Å². The van der Waals surface area contributed by atoms with Gasteiger partial charge in [-0.2, -0.15) is 4.80 Å². The monoisotopic (exact) mass is 330 g/mol. The van der Waals surface area contributed by atoms with Gasteiger partial charge in [-0.1, -0.05) is 63.6 Å². The van der Waals surface area contributed by atoms with Gasteiger partial charge in [-0.25, -0.2) is 0 Å². The molecule has 0 amide bonds. The maximum absolute atomic E-state index is 13.0. The molecule has 0 N–H and O–H groups in total. The molecular formula is C18H21ClN3O-. The third kappa shape index (κ3) is 2.76. The summed E-state index contributed by atoms with van der Waals surface area (Å²) in [5.74, 6) is 0.356. The van der Waals surface area contributed by atoms with E-state index in [0.717, 1.165) is 11.1 Å². The first-order chi connectivity index (χ1) is 10.7. The highest BCUT2D eigenvalue weighted by molar-refractivity contribution is 6.31. The number of benzene rings is 1. The van der Waals surface area contributed by atoms with Crippen molar-refractivity contribution in [2.75, 3.05) is 0 Å². The molecule has 2 unspecified atom stereocenters. The minimum atomic E-state index is -0.202. The van der Waals surface area contributed by atoms with Crippen LogP contribution >= 0.6 is 11.6 Å². The number of nitrogens with zero attached hydrogens (tertiary/aromatic N) is 3. The maximum atomic E-state index is 13.0. The van der Waals surface area contributed by atoms with E-state index in [9.17, 15) is 5.11 Å². The van der Waals surface area contributed by atoms with E-state index in [1.54, 1.807) is 12.1 Å². The summed E-state index contributed by atoms with van der Waals surface area (Å²) in [4.78, 5) is 1.50. The lowest BCUT2D eigenvalue weighted by molar-refractivity contribution is -0.299. The Morgan fingerprint density at radius 1 is 1.13 bits per heavy atom. The van der Waals surface area contributed by atoms with Crippen molar-refractivity contribution in [2.45, 2.75) is 34.6 Å². The minimum Gasteiger partial charge on any atom is -0.871 e. The molecule has 122 valence electrons. The highest BCUT2D eigenvalue weighted by Crippen LogP contribution is 2.40. The van der Waals surface area contributed by atoms with E-state index in [2.05, 4.69) is 50.9 Å². The molecule has 2 atom stereocenters. The molecule has 5 heteroatoms. The summed E-state index contributed by atoms with van der Waals surface area (Å²) in [6.45, 7) is 10.4. The molecule has 0 fully saturated rings. The zero-order chi connectivity index (χ0) is 16.9. The summed E-state index contributed by atoms with van der Waals surface area (Å²) >= 11 is 6.02. The van der Waals surface area contributed by atoms with Crippen LogP contribution in [0.1, 0.15) is 34.6 Å². The minimum absolute atomic E-state index is 0.0366. The van der Waals surface area contributed by atoms with Gasteiger partial charge in [0.15, 0.2) is 0 Å². The van der Waals surface area contributed by atoms with Crippen LogP contribution in [0, 0.1) is 17.3 Å². The van der Waals surface area contributed by atoms with Crippen molar-refractivity contribution in [3.05, 3.63) is 40.6 Å². The van der Waals surface area contributed by atoms with Crippen molar-refractivity contribution in [2.24, 2.45) is 17.3 Å². The van der Waals surface area contributed by atoms with Crippen molar-refractivity contribution in [1.82, 2.24) is 15.0 Å². The van der Waals surface area contributed by atoms with E-state index < -0.39 is 0 Å². The first-order valence-electron chi connectivity index (χ1n) is 7.85. The molecule has 3 rings (SSSR count). The SMILES string of the molecule is CC1C=C(C(C)(C)C)C([O-])=C(n2nc3ccc(Cl)cc3n2)C1C. The quantitative estimate of drug-likeness (QED) is 0.797. The highest BCUT2D eigenvalue weighted by Gasteiger charge is 2.29. The zero-order valence-corrected chi connectivity index (χ0v) is 14.8. The lowest BCUT2D eigenvalue weighted by Crippen LogP contribution is -2.30. The molecule has 4 nitrogen and oxygen atoms in total. The molecule has 0 radical (unpaired) electrons. The van der Waals surface area contributed by atoms with Crippen LogP contribution in [0.4, 0.5) is 0 Å². The number of hydrogen-bond acceptors (Lipinski definition) is 3. The Kier molecular flexibility index (Phi) is 3.75. The molecule has 23 heavy (non-hydrogen) atoms. The molecule has 0 bridgehead atoms. The van der Waals surface area contributed by atoms with Crippen LogP contribution in [-0.4, -0.2) is 15.0 Å². The lowest BCUT2D eigenvalue weighted by atomic mass is 9.76. The standard InChI is InChI=1S/C18H22ClN3O/c1-10-8-13(18(3,4)5)17(23)16(11(10)2)22-20-14-7-6-12(19)9-15(14)21-22/h6-11,23H,1-5H3/p-1. The fourth-order valence-electron chi connectivity index (χ4n) is 2.94. The zero-order valence-electron chi connectivity index (χ0n) is 14.1. The van der Waals surface area contributed by atoms with Gasteiger partial charge in [-0.05, 0) is 29.5 Å². The van der Waals surface area contributed by atoms with E-state index in [4.69, 9.17) is 11.6 Å². The van der Waals surface area contributed by atoms with Crippen molar-refractivity contribution < 1.29 is 5.11 Å². The van der Waals surface area contributed by atoms with Crippen LogP contribution in [0.15, 0.2) is 35.6 Å². The highest BCUT2D eigenvalue weighted by atomic mass is 35.5. The van der Waals surface area contributed by atoms with Gasteiger partial charge in [0.1, 0.15) is 11.0 Å². The molecule has 1 aromatic heterocycles. The smallest absolute Gasteiger partial charge is 0.115 e. The van der Waals surface area contributed by atoms with Crippen LogP contribution in [0.3, 0.4) is 0 Å².